The van der Waals surface area contributed by atoms with E-state index in [0.717, 1.165) is 22.6 Å². The third kappa shape index (κ3) is 4.63. The van der Waals surface area contributed by atoms with E-state index in [9.17, 15) is 4.79 Å². The molecule has 3 nitrogen and oxygen atoms in total. The standard InChI is InChI=1S/C19H18O3/c1-21-18-11-5-15(6-12-18)3-9-17(20)10-4-16-7-13-19(22-2)14-8-16/h3-14H,1-2H3/b9-3+,10-4?. The molecule has 2 aromatic rings. The minimum Gasteiger partial charge on any atom is -0.497 e. The second kappa shape index (κ2) is 7.84. The van der Waals surface area contributed by atoms with Crippen molar-refractivity contribution in [3.05, 3.63) is 71.8 Å². The van der Waals surface area contributed by atoms with Crippen LogP contribution in [0.25, 0.3) is 12.2 Å². The largest absolute Gasteiger partial charge is 0.497 e. The lowest BCUT2D eigenvalue weighted by atomic mass is 10.1. The van der Waals surface area contributed by atoms with Crippen LogP contribution in [0.1, 0.15) is 11.1 Å². The summed E-state index contributed by atoms with van der Waals surface area (Å²) in [5.74, 6) is 1.53. The topological polar surface area (TPSA) is 35.5 Å². The molecule has 0 saturated heterocycles. The molecule has 0 radical (unpaired) electrons. The Morgan fingerprint density at radius 1 is 0.727 bits per heavy atom. The molecule has 2 aromatic carbocycles. The Kier molecular flexibility index (Phi) is 5.55. The minimum absolute atomic E-state index is 0.0633. The average Bonchev–Trinajstić information content (AvgIpc) is 2.59. The Labute approximate surface area is 130 Å². The van der Waals surface area contributed by atoms with E-state index in [2.05, 4.69) is 0 Å². The van der Waals surface area contributed by atoms with Gasteiger partial charge in [-0.25, -0.2) is 0 Å². The molecule has 22 heavy (non-hydrogen) atoms. The highest BCUT2D eigenvalue weighted by molar-refractivity contribution is 6.04. The summed E-state index contributed by atoms with van der Waals surface area (Å²) in [4.78, 5) is 11.8. The smallest absolute Gasteiger partial charge is 0.178 e. The van der Waals surface area contributed by atoms with Gasteiger partial charge in [0, 0.05) is 0 Å². The number of carbonyl (C=O) groups is 1. The van der Waals surface area contributed by atoms with Crippen LogP contribution in [0.2, 0.25) is 0 Å². The Hall–Kier alpha value is -2.81. The van der Waals surface area contributed by atoms with E-state index in [4.69, 9.17) is 9.47 Å². The van der Waals surface area contributed by atoms with E-state index >= 15 is 0 Å². The third-order valence-electron chi connectivity index (χ3n) is 3.11. The van der Waals surface area contributed by atoms with Crippen molar-refractivity contribution in [3.8, 4) is 11.5 Å². The van der Waals surface area contributed by atoms with Crippen LogP contribution in [0.5, 0.6) is 11.5 Å². The summed E-state index contributed by atoms with van der Waals surface area (Å²) in [5.41, 5.74) is 1.90. The average molecular weight is 294 g/mol. The Morgan fingerprint density at radius 2 is 1.09 bits per heavy atom. The first-order valence-corrected chi connectivity index (χ1v) is 6.89. The van der Waals surface area contributed by atoms with Crippen molar-refractivity contribution in [1.82, 2.24) is 0 Å². The molecule has 0 bridgehead atoms. The number of carbonyl (C=O) groups excluding carboxylic acids is 1. The van der Waals surface area contributed by atoms with Gasteiger partial charge in [0.2, 0.25) is 0 Å². The molecular formula is C19H18O3. The normalized spacial score (nSPS) is 11.0. The molecular weight excluding hydrogens is 276 g/mol. The fraction of sp³-hybridized carbons (Fsp3) is 0.105. The minimum atomic E-state index is -0.0633. The number of rotatable bonds is 6. The molecule has 0 spiro atoms. The summed E-state index contributed by atoms with van der Waals surface area (Å²) in [6, 6.07) is 15.0. The van der Waals surface area contributed by atoms with E-state index < -0.39 is 0 Å². The zero-order chi connectivity index (χ0) is 15.8. The van der Waals surface area contributed by atoms with Crippen molar-refractivity contribution < 1.29 is 14.3 Å². The van der Waals surface area contributed by atoms with Gasteiger partial charge in [-0.15, -0.1) is 0 Å². The number of ketones is 1. The number of benzene rings is 2. The molecule has 0 fully saturated rings. The van der Waals surface area contributed by atoms with Gasteiger partial charge in [0.25, 0.3) is 0 Å². The third-order valence-corrected chi connectivity index (χ3v) is 3.11. The zero-order valence-corrected chi connectivity index (χ0v) is 12.7. The van der Waals surface area contributed by atoms with Crippen LogP contribution in [-0.4, -0.2) is 20.0 Å². The first kappa shape index (κ1) is 15.6. The van der Waals surface area contributed by atoms with Gasteiger partial charge < -0.3 is 9.47 Å². The molecule has 0 aromatic heterocycles. The summed E-state index contributed by atoms with van der Waals surface area (Å²) in [7, 11) is 3.25. The molecule has 2 rings (SSSR count). The van der Waals surface area contributed by atoms with Crippen LogP contribution in [0.15, 0.2) is 60.7 Å². The van der Waals surface area contributed by atoms with Crippen molar-refractivity contribution in [2.24, 2.45) is 0 Å². The van der Waals surface area contributed by atoms with Gasteiger partial charge >= 0.3 is 0 Å². The molecule has 0 N–H and O–H groups in total. The lowest BCUT2D eigenvalue weighted by molar-refractivity contribution is -0.110. The SMILES string of the molecule is COc1ccc(C=CC(=O)/C=C/c2ccc(OC)cc2)cc1. The molecule has 3 heteroatoms. The molecule has 0 unspecified atom stereocenters. The van der Waals surface area contributed by atoms with Gasteiger partial charge in [0.1, 0.15) is 11.5 Å². The van der Waals surface area contributed by atoms with E-state index in [-0.39, 0.29) is 5.78 Å². The van der Waals surface area contributed by atoms with Gasteiger partial charge in [-0.05, 0) is 47.5 Å². The molecule has 0 atom stereocenters. The number of allylic oxidation sites excluding steroid dienone is 2. The quantitative estimate of drug-likeness (QED) is 0.755. The molecule has 0 aliphatic carbocycles. The highest BCUT2D eigenvalue weighted by Gasteiger charge is 1.94. The number of hydrogen-bond acceptors (Lipinski definition) is 3. The van der Waals surface area contributed by atoms with Crippen molar-refractivity contribution in [2.75, 3.05) is 14.2 Å². The number of methoxy groups -OCH3 is 2. The predicted molar refractivity (Wildman–Crippen MR) is 89.1 cm³/mol. The van der Waals surface area contributed by atoms with Gasteiger partial charge in [-0.1, -0.05) is 36.4 Å². The fourth-order valence-corrected chi connectivity index (χ4v) is 1.84. The molecule has 0 heterocycles. The van der Waals surface area contributed by atoms with Crippen LogP contribution in [0.4, 0.5) is 0 Å². The van der Waals surface area contributed by atoms with Crippen molar-refractivity contribution in [2.45, 2.75) is 0 Å². The van der Waals surface area contributed by atoms with Gasteiger partial charge in [-0.2, -0.15) is 0 Å². The fourth-order valence-electron chi connectivity index (χ4n) is 1.84. The zero-order valence-electron chi connectivity index (χ0n) is 12.7. The predicted octanol–water partition coefficient (Wildman–Crippen LogP) is 4.00. The maximum atomic E-state index is 11.8. The first-order valence-electron chi connectivity index (χ1n) is 6.89. The van der Waals surface area contributed by atoms with Crippen LogP contribution in [-0.2, 0) is 4.79 Å². The summed E-state index contributed by atoms with van der Waals surface area (Å²) in [6.45, 7) is 0. The van der Waals surface area contributed by atoms with E-state index in [0.29, 0.717) is 0 Å². The van der Waals surface area contributed by atoms with Crippen molar-refractivity contribution in [1.29, 1.82) is 0 Å². The van der Waals surface area contributed by atoms with Crippen LogP contribution >= 0.6 is 0 Å². The maximum Gasteiger partial charge on any atom is 0.178 e. The molecule has 112 valence electrons. The van der Waals surface area contributed by atoms with Gasteiger partial charge in [0.15, 0.2) is 5.78 Å². The maximum absolute atomic E-state index is 11.8. The van der Waals surface area contributed by atoms with Crippen LogP contribution in [0, 0.1) is 0 Å². The Bertz CT molecular complexity index is 605. The highest BCUT2D eigenvalue weighted by atomic mass is 16.5. The summed E-state index contributed by atoms with van der Waals surface area (Å²) < 4.78 is 10.2. The van der Waals surface area contributed by atoms with Crippen LogP contribution in [0.3, 0.4) is 0 Å². The Balaban J connectivity index is 1.95. The summed E-state index contributed by atoms with van der Waals surface area (Å²) in [5, 5.41) is 0. The van der Waals surface area contributed by atoms with Crippen molar-refractivity contribution >= 4 is 17.9 Å². The van der Waals surface area contributed by atoms with Crippen LogP contribution < -0.4 is 9.47 Å². The van der Waals surface area contributed by atoms with Gasteiger partial charge in [0.05, 0.1) is 14.2 Å². The number of hydrogen-bond donors (Lipinski definition) is 0. The highest BCUT2D eigenvalue weighted by Crippen LogP contribution is 2.13. The summed E-state index contributed by atoms with van der Waals surface area (Å²) in [6.07, 6.45) is 6.64. The Morgan fingerprint density at radius 3 is 1.41 bits per heavy atom. The van der Waals surface area contributed by atoms with Crippen molar-refractivity contribution in [3.63, 3.8) is 0 Å². The van der Waals surface area contributed by atoms with Gasteiger partial charge in [-0.3, -0.25) is 4.79 Å². The lowest BCUT2D eigenvalue weighted by Gasteiger charge is -1.99. The number of ether oxygens (including phenoxy) is 2. The summed E-state index contributed by atoms with van der Waals surface area (Å²) >= 11 is 0. The first-order chi connectivity index (χ1) is 10.7. The molecule has 0 aliphatic heterocycles. The molecule has 0 saturated carbocycles. The monoisotopic (exact) mass is 294 g/mol. The second-order valence-corrected chi connectivity index (χ2v) is 4.62. The second-order valence-electron chi connectivity index (χ2n) is 4.62. The van der Waals surface area contributed by atoms with E-state index in [1.165, 1.54) is 0 Å². The lowest BCUT2D eigenvalue weighted by Crippen LogP contribution is -1.86. The van der Waals surface area contributed by atoms with E-state index in [1.807, 2.05) is 48.5 Å². The molecule has 0 amide bonds. The molecule has 0 aliphatic rings. The van der Waals surface area contributed by atoms with E-state index in [1.54, 1.807) is 38.5 Å².